The molecule has 7 heteroatoms. The molecule has 19 heavy (non-hydrogen) atoms. The second-order valence-corrected chi connectivity index (χ2v) is 8.85. The third-order valence-electron chi connectivity index (χ3n) is 3.07. The number of hydrogen-bond acceptors (Lipinski definition) is 4. The van der Waals surface area contributed by atoms with Gasteiger partial charge in [-0.05, 0) is 31.9 Å². The van der Waals surface area contributed by atoms with E-state index in [1.54, 1.807) is 19.9 Å². The van der Waals surface area contributed by atoms with Gasteiger partial charge in [0.1, 0.15) is 4.21 Å². The maximum atomic E-state index is 12.3. The van der Waals surface area contributed by atoms with Crippen LogP contribution < -0.4 is 4.72 Å². The fraction of sp³-hybridized carbons (Fsp3) is 0.667. The van der Waals surface area contributed by atoms with Crippen LogP contribution in [0.4, 0.5) is 0 Å². The molecule has 4 nitrogen and oxygen atoms in total. The minimum absolute atomic E-state index is 0.0187. The van der Waals surface area contributed by atoms with Crippen molar-refractivity contribution in [3.63, 3.8) is 0 Å². The minimum Gasteiger partial charge on any atom is -0.389 e. The first-order valence-electron chi connectivity index (χ1n) is 6.08. The lowest BCUT2D eigenvalue weighted by molar-refractivity contribution is 0.0257. The highest BCUT2D eigenvalue weighted by Crippen LogP contribution is 2.28. The molecule has 1 aromatic rings. The fourth-order valence-electron chi connectivity index (χ4n) is 1.86. The van der Waals surface area contributed by atoms with E-state index in [-0.39, 0.29) is 10.1 Å². The van der Waals surface area contributed by atoms with Gasteiger partial charge in [-0.2, -0.15) is 0 Å². The maximum Gasteiger partial charge on any atom is 0.250 e. The SMILES string of the molecule is CCC(C)C(NS(=O)(=O)c1ccc(Cl)s1)C(C)(C)O. The van der Waals surface area contributed by atoms with Crippen molar-refractivity contribution in [1.82, 2.24) is 4.72 Å². The molecule has 1 heterocycles. The Labute approximate surface area is 123 Å². The summed E-state index contributed by atoms with van der Waals surface area (Å²) in [6, 6.07) is 2.46. The number of sulfonamides is 1. The monoisotopic (exact) mass is 325 g/mol. The molecule has 1 aromatic heterocycles. The van der Waals surface area contributed by atoms with Crippen LogP contribution in [-0.4, -0.2) is 25.2 Å². The number of hydrogen-bond donors (Lipinski definition) is 2. The van der Waals surface area contributed by atoms with Crippen molar-refractivity contribution in [3.8, 4) is 0 Å². The van der Waals surface area contributed by atoms with Crippen molar-refractivity contribution < 1.29 is 13.5 Å². The van der Waals surface area contributed by atoms with E-state index >= 15 is 0 Å². The molecular formula is C12H20ClNO3S2. The highest BCUT2D eigenvalue weighted by molar-refractivity contribution is 7.91. The number of nitrogens with one attached hydrogen (secondary N) is 1. The average Bonchev–Trinajstić information content (AvgIpc) is 2.71. The standard InChI is InChI=1S/C12H20ClNO3S2/c1-5-8(2)11(12(3,4)15)14-19(16,17)10-7-6-9(13)18-10/h6-8,11,14-15H,5H2,1-4H3. The Morgan fingerprint density at radius 3 is 2.42 bits per heavy atom. The zero-order valence-corrected chi connectivity index (χ0v) is 13.9. The summed E-state index contributed by atoms with van der Waals surface area (Å²) < 4.78 is 27.7. The van der Waals surface area contributed by atoms with E-state index in [1.165, 1.54) is 6.07 Å². The summed E-state index contributed by atoms with van der Waals surface area (Å²) in [5, 5.41) is 10.1. The first-order valence-corrected chi connectivity index (χ1v) is 8.75. The van der Waals surface area contributed by atoms with Crippen LogP contribution in [-0.2, 0) is 10.0 Å². The molecule has 0 aliphatic rings. The molecule has 110 valence electrons. The van der Waals surface area contributed by atoms with Crippen LogP contribution in [0, 0.1) is 5.92 Å². The highest BCUT2D eigenvalue weighted by atomic mass is 35.5. The molecule has 2 N–H and O–H groups in total. The van der Waals surface area contributed by atoms with Gasteiger partial charge >= 0.3 is 0 Å². The van der Waals surface area contributed by atoms with Gasteiger partial charge in [0, 0.05) is 0 Å². The molecule has 0 amide bonds. The summed E-state index contributed by atoms with van der Waals surface area (Å²) >= 11 is 6.76. The van der Waals surface area contributed by atoms with Crippen LogP contribution in [0.25, 0.3) is 0 Å². The molecule has 0 radical (unpaired) electrons. The Kier molecular flexibility index (Phi) is 5.43. The predicted octanol–water partition coefficient (Wildman–Crippen LogP) is 2.87. The highest BCUT2D eigenvalue weighted by Gasteiger charge is 2.35. The Morgan fingerprint density at radius 2 is 2.05 bits per heavy atom. The van der Waals surface area contributed by atoms with Gasteiger partial charge < -0.3 is 5.11 Å². The van der Waals surface area contributed by atoms with Gasteiger partial charge in [-0.25, -0.2) is 13.1 Å². The summed E-state index contributed by atoms with van der Waals surface area (Å²) in [6.45, 7) is 7.08. The van der Waals surface area contributed by atoms with Crippen LogP contribution in [0.1, 0.15) is 34.1 Å². The van der Waals surface area contributed by atoms with Gasteiger partial charge in [0.15, 0.2) is 0 Å². The largest absolute Gasteiger partial charge is 0.389 e. The molecule has 0 aliphatic carbocycles. The van der Waals surface area contributed by atoms with E-state index in [2.05, 4.69) is 4.72 Å². The van der Waals surface area contributed by atoms with Crippen LogP contribution in [0.2, 0.25) is 4.34 Å². The summed E-state index contributed by atoms with van der Waals surface area (Å²) in [5.41, 5.74) is -1.14. The van der Waals surface area contributed by atoms with Crippen molar-refractivity contribution in [2.24, 2.45) is 5.92 Å². The van der Waals surface area contributed by atoms with Gasteiger partial charge in [0.2, 0.25) is 10.0 Å². The first-order chi connectivity index (χ1) is 8.58. The number of aliphatic hydroxyl groups is 1. The average molecular weight is 326 g/mol. The molecule has 1 rings (SSSR count). The molecule has 0 bridgehead atoms. The van der Waals surface area contributed by atoms with Crippen molar-refractivity contribution >= 4 is 33.0 Å². The van der Waals surface area contributed by atoms with Crippen LogP contribution in [0.3, 0.4) is 0 Å². The van der Waals surface area contributed by atoms with Gasteiger partial charge in [-0.15, -0.1) is 11.3 Å². The maximum absolute atomic E-state index is 12.3. The van der Waals surface area contributed by atoms with Crippen molar-refractivity contribution in [2.75, 3.05) is 0 Å². The quantitative estimate of drug-likeness (QED) is 0.845. The van der Waals surface area contributed by atoms with Crippen molar-refractivity contribution in [1.29, 1.82) is 0 Å². The van der Waals surface area contributed by atoms with E-state index < -0.39 is 21.7 Å². The molecule has 0 spiro atoms. The van der Waals surface area contributed by atoms with Crippen molar-refractivity contribution in [2.45, 2.75) is 50.0 Å². The third-order valence-corrected chi connectivity index (χ3v) is 6.23. The van der Waals surface area contributed by atoms with Gasteiger partial charge in [0.05, 0.1) is 16.0 Å². The minimum atomic E-state index is -3.65. The molecule has 0 fully saturated rings. The molecule has 2 atom stereocenters. The lowest BCUT2D eigenvalue weighted by atomic mass is 9.87. The summed E-state index contributed by atoms with van der Waals surface area (Å²) in [6.07, 6.45) is 0.766. The van der Waals surface area contributed by atoms with Gasteiger partial charge in [-0.3, -0.25) is 0 Å². The first kappa shape index (κ1) is 16.9. The second-order valence-electron chi connectivity index (χ2n) is 5.20. The van der Waals surface area contributed by atoms with Crippen LogP contribution in [0.5, 0.6) is 0 Å². The second kappa shape index (κ2) is 6.10. The van der Waals surface area contributed by atoms with Crippen LogP contribution >= 0.6 is 22.9 Å². The number of rotatable bonds is 6. The smallest absolute Gasteiger partial charge is 0.250 e. The summed E-state index contributed by atoms with van der Waals surface area (Å²) in [7, 11) is -3.65. The Balaban J connectivity index is 3.03. The topological polar surface area (TPSA) is 66.4 Å². The van der Waals surface area contributed by atoms with E-state index in [0.29, 0.717) is 4.34 Å². The van der Waals surface area contributed by atoms with E-state index in [4.69, 9.17) is 11.6 Å². The van der Waals surface area contributed by atoms with E-state index in [1.807, 2.05) is 13.8 Å². The zero-order valence-electron chi connectivity index (χ0n) is 11.5. The van der Waals surface area contributed by atoms with E-state index in [9.17, 15) is 13.5 Å². The van der Waals surface area contributed by atoms with Gasteiger partial charge in [0.25, 0.3) is 0 Å². The lowest BCUT2D eigenvalue weighted by Crippen LogP contribution is -2.52. The Bertz CT molecular complexity index is 519. The summed E-state index contributed by atoms with van der Waals surface area (Å²) in [4.78, 5) is 0. The Morgan fingerprint density at radius 1 is 1.47 bits per heavy atom. The van der Waals surface area contributed by atoms with Crippen molar-refractivity contribution in [3.05, 3.63) is 16.5 Å². The number of thiophene rings is 1. The van der Waals surface area contributed by atoms with Crippen LogP contribution in [0.15, 0.2) is 16.3 Å². The van der Waals surface area contributed by atoms with E-state index in [0.717, 1.165) is 17.8 Å². The molecule has 2 unspecified atom stereocenters. The van der Waals surface area contributed by atoms with Gasteiger partial charge in [-0.1, -0.05) is 31.9 Å². The Hall–Kier alpha value is -0.140. The molecule has 0 aliphatic heterocycles. The third kappa shape index (κ3) is 4.43. The zero-order chi connectivity index (χ0) is 14.8. The fourth-order valence-corrected chi connectivity index (χ4v) is 4.84. The number of halogens is 1. The normalized spacial score (nSPS) is 16.3. The lowest BCUT2D eigenvalue weighted by Gasteiger charge is -2.34. The molecular weight excluding hydrogens is 306 g/mol. The molecule has 0 saturated carbocycles. The molecule has 0 saturated heterocycles. The summed E-state index contributed by atoms with van der Waals surface area (Å²) in [5.74, 6) is 0.0187. The predicted molar refractivity (Wildman–Crippen MR) is 79.2 cm³/mol. The molecule has 0 aromatic carbocycles.